The zero-order chi connectivity index (χ0) is 20.4. The molecule has 1 aliphatic rings. The summed E-state index contributed by atoms with van der Waals surface area (Å²) >= 11 is 0. The minimum Gasteiger partial charge on any atom is -0.336 e. The Bertz CT molecular complexity index is 1090. The number of amides is 1. The summed E-state index contributed by atoms with van der Waals surface area (Å²) in [4.78, 5) is 21.4. The molecule has 1 amide bonds. The standard InChI is InChI=1S/C23H21FN4O/c1-16-20(13-18-7-8-19(24)14-21(18)26-16)23(29)28-11-9-27(10-12-28)22(15-25)17-5-3-2-4-6-17/h2-8,13-14,22H,9-12H2,1H3/t22-/m1/s1. The quantitative estimate of drug-likeness (QED) is 0.686. The molecule has 4 rings (SSSR count). The van der Waals surface area contributed by atoms with E-state index in [1.54, 1.807) is 24.0 Å². The molecule has 0 aliphatic carbocycles. The maximum atomic E-state index is 13.4. The van der Waals surface area contributed by atoms with Gasteiger partial charge in [0.25, 0.3) is 5.91 Å². The molecule has 6 heteroatoms. The molecule has 0 saturated carbocycles. The number of piperazine rings is 1. The summed E-state index contributed by atoms with van der Waals surface area (Å²) in [5.74, 6) is -0.417. The first-order chi connectivity index (χ1) is 14.1. The second-order valence-electron chi connectivity index (χ2n) is 7.23. The number of nitrogens with zero attached hydrogens (tertiary/aromatic N) is 4. The number of carbonyl (C=O) groups is 1. The maximum absolute atomic E-state index is 13.4. The second kappa shape index (κ2) is 7.98. The molecule has 0 spiro atoms. The molecule has 0 unspecified atom stereocenters. The number of nitriles is 1. The zero-order valence-electron chi connectivity index (χ0n) is 16.2. The van der Waals surface area contributed by atoms with Gasteiger partial charge in [-0.3, -0.25) is 14.7 Å². The van der Waals surface area contributed by atoms with Crippen LogP contribution in [0, 0.1) is 24.1 Å². The SMILES string of the molecule is Cc1nc2cc(F)ccc2cc1C(=O)N1CCN([C@H](C#N)c2ccccc2)CC1. The number of hydrogen-bond donors (Lipinski definition) is 0. The highest BCUT2D eigenvalue weighted by Crippen LogP contribution is 2.23. The molecule has 0 radical (unpaired) electrons. The van der Waals surface area contributed by atoms with Crippen molar-refractivity contribution in [3.63, 3.8) is 0 Å². The summed E-state index contributed by atoms with van der Waals surface area (Å²) in [5, 5.41) is 10.4. The lowest BCUT2D eigenvalue weighted by molar-refractivity contribution is 0.0605. The fourth-order valence-electron chi connectivity index (χ4n) is 3.81. The first-order valence-corrected chi connectivity index (χ1v) is 9.61. The number of rotatable bonds is 3. The minimum absolute atomic E-state index is 0.0749. The zero-order valence-corrected chi connectivity index (χ0v) is 16.2. The van der Waals surface area contributed by atoms with Crippen molar-refractivity contribution in [1.29, 1.82) is 5.26 Å². The van der Waals surface area contributed by atoms with E-state index in [0.717, 1.165) is 10.9 Å². The molecule has 2 heterocycles. The third-order valence-corrected chi connectivity index (χ3v) is 5.40. The Balaban J connectivity index is 1.49. The van der Waals surface area contributed by atoms with Gasteiger partial charge in [-0.15, -0.1) is 0 Å². The van der Waals surface area contributed by atoms with E-state index < -0.39 is 0 Å². The smallest absolute Gasteiger partial charge is 0.255 e. The van der Waals surface area contributed by atoms with Crippen LogP contribution in [0.25, 0.3) is 10.9 Å². The third kappa shape index (κ3) is 3.82. The van der Waals surface area contributed by atoms with E-state index in [2.05, 4.69) is 16.0 Å². The van der Waals surface area contributed by atoms with Gasteiger partial charge in [-0.2, -0.15) is 5.26 Å². The molecule has 146 valence electrons. The highest BCUT2D eigenvalue weighted by Gasteiger charge is 2.28. The molecule has 1 fully saturated rings. The molecule has 0 N–H and O–H groups in total. The van der Waals surface area contributed by atoms with E-state index in [0.29, 0.717) is 43.0 Å². The van der Waals surface area contributed by atoms with Gasteiger partial charge in [0.15, 0.2) is 0 Å². The van der Waals surface area contributed by atoms with Crippen molar-refractivity contribution >= 4 is 16.8 Å². The lowest BCUT2D eigenvalue weighted by Crippen LogP contribution is -2.49. The van der Waals surface area contributed by atoms with E-state index in [1.807, 2.05) is 30.3 Å². The van der Waals surface area contributed by atoms with Gasteiger partial charge < -0.3 is 4.90 Å². The molecular weight excluding hydrogens is 367 g/mol. The molecule has 2 aromatic carbocycles. The van der Waals surface area contributed by atoms with E-state index in [9.17, 15) is 14.4 Å². The van der Waals surface area contributed by atoms with Crippen LogP contribution in [-0.2, 0) is 0 Å². The van der Waals surface area contributed by atoms with Crippen LogP contribution in [0.2, 0.25) is 0 Å². The number of hydrogen-bond acceptors (Lipinski definition) is 4. The van der Waals surface area contributed by atoms with Crippen molar-refractivity contribution in [2.75, 3.05) is 26.2 Å². The average molecular weight is 388 g/mol. The number of carbonyl (C=O) groups excluding carboxylic acids is 1. The highest BCUT2D eigenvalue weighted by molar-refractivity contribution is 5.98. The van der Waals surface area contributed by atoms with Gasteiger partial charge in [0, 0.05) is 37.6 Å². The Morgan fingerprint density at radius 3 is 2.52 bits per heavy atom. The summed E-state index contributed by atoms with van der Waals surface area (Å²) in [6.45, 7) is 4.12. The monoisotopic (exact) mass is 388 g/mol. The molecule has 1 aromatic heterocycles. The van der Waals surface area contributed by atoms with Gasteiger partial charge in [0.05, 0.1) is 22.8 Å². The average Bonchev–Trinajstić information content (AvgIpc) is 2.74. The Morgan fingerprint density at radius 2 is 1.83 bits per heavy atom. The predicted octanol–water partition coefficient (Wildman–Crippen LogP) is 3.71. The van der Waals surface area contributed by atoms with Gasteiger partial charge in [-0.25, -0.2) is 4.39 Å². The maximum Gasteiger partial charge on any atom is 0.255 e. The summed E-state index contributed by atoms with van der Waals surface area (Å²) in [6.07, 6.45) is 0. The number of fused-ring (bicyclic) bond motifs is 1. The van der Waals surface area contributed by atoms with Gasteiger partial charge in [-0.1, -0.05) is 30.3 Å². The van der Waals surface area contributed by atoms with Crippen LogP contribution in [0.15, 0.2) is 54.6 Å². The summed E-state index contributed by atoms with van der Waals surface area (Å²) < 4.78 is 13.4. The van der Waals surface area contributed by atoms with Crippen molar-refractivity contribution in [2.45, 2.75) is 13.0 Å². The molecular formula is C23H21FN4O. The third-order valence-electron chi connectivity index (χ3n) is 5.40. The van der Waals surface area contributed by atoms with Crippen LogP contribution < -0.4 is 0 Å². The van der Waals surface area contributed by atoms with Crippen molar-refractivity contribution in [1.82, 2.24) is 14.8 Å². The number of halogens is 1. The van der Waals surface area contributed by atoms with Crippen LogP contribution in [0.4, 0.5) is 4.39 Å². The van der Waals surface area contributed by atoms with Crippen LogP contribution in [0.5, 0.6) is 0 Å². The number of pyridine rings is 1. The summed E-state index contributed by atoms with van der Waals surface area (Å²) in [6, 6.07) is 18.0. The summed E-state index contributed by atoms with van der Waals surface area (Å²) in [5.41, 5.74) is 2.65. The fourth-order valence-corrected chi connectivity index (χ4v) is 3.81. The Labute approximate surface area is 169 Å². The molecule has 5 nitrogen and oxygen atoms in total. The van der Waals surface area contributed by atoms with Crippen molar-refractivity contribution in [2.24, 2.45) is 0 Å². The van der Waals surface area contributed by atoms with E-state index in [1.165, 1.54) is 12.1 Å². The molecule has 0 bridgehead atoms. The van der Waals surface area contributed by atoms with Crippen LogP contribution >= 0.6 is 0 Å². The minimum atomic E-state index is -0.343. The van der Waals surface area contributed by atoms with Crippen LogP contribution in [-0.4, -0.2) is 46.9 Å². The topological polar surface area (TPSA) is 60.2 Å². The normalized spacial score (nSPS) is 15.8. The van der Waals surface area contributed by atoms with Gasteiger partial charge in [-0.05, 0) is 30.7 Å². The van der Waals surface area contributed by atoms with Gasteiger partial charge in [0.2, 0.25) is 0 Å². The Hall–Kier alpha value is -3.30. The van der Waals surface area contributed by atoms with Crippen LogP contribution in [0.1, 0.15) is 27.7 Å². The molecule has 1 atom stereocenters. The Morgan fingerprint density at radius 1 is 1.10 bits per heavy atom. The molecule has 3 aromatic rings. The second-order valence-corrected chi connectivity index (χ2v) is 7.23. The first kappa shape index (κ1) is 19.0. The van der Waals surface area contributed by atoms with Crippen molar-refractivity contribution in [3.8, 4) is 6.07 Å². The number of aryl methyl sites for hydroxylation is 1. The van der Waals surface area contributed by atoms with E-state index >= 15 is 0 Å². The molecule has 29 heavy (non-hydrogen) atoms. The predicted molar refractivity (Wildman–Crippen MR) is 109 cm³/mol. The van der Waals surface area contributed by atoms with Crippen molar-refractivity contribution < 1.29 is 9.18 Å². The van der Waals surface area contributed by atoms with Gasteiger partial charge >= 0.3 is 0 Å². The van der Waals surface area contributed by atoms with E-state index in [-0.39, 0.29) is 17.8 Å². The summed E-state index contributed by atoms with van der Waals surface area (Å²) in [7, 11) is 0. The van der Waals surface area contributed by atoms with Gasteiger partial charge in [0.1, 0.15) is 11.9 Å². The molecule has 1 saturated heterocycles. The number of benzene rings is 2. The largest absolute Gasteiger partial charge is 0.336 e. The van der Waals surface area contributed by atoms with Crippen molar-refractivity contribution in [3.05, 3.63) is 77.2 Å². The lowest BCUT2D eigenvalue weighted by atomic mass is 10.0. The highest BCUT2D eigenvalue weighted by atomic mass is 19.1. The lowest BCUT2D eigenvalue weighted by Gasteiger charge is -2.37. The molecule has 1 aliphatic heterocycles. The fraction of sp³-hybridized carbons (Fsp3) is 0.261. The first-order valence-electron chi connectivity index (χ1n) is 9.61. The number of aromatic nitrogens is 1. The van der Waals surface area contributed by atoms with Crippen LogP contribution in [0.3, 0.4) is 0 Å². The van der Waals surface area contributed by atoms with E-state index in [4.69, 9.17) is 0 Å². The Kier molecular flexibility index (Phi) is 5.24.